The SMILES string of the molecule is CCN(CC)CCN(C(=O)c1ccc(C(C)=O)cc1)c1nc2ccc(F)cc2s1.Cl. The predicted octanol–water partition coefficient (Wildman–Crippen LogP) is 5.05. The number of anilines is 1. The van der Waals surface area contributed by atoms with Crippen LogP contribution in [0.4, 0.5) is 9.52 Å². The van der Waals surface area contributed by atoms with Gasteiger partial charge in [-0.25, -0.2) is 9.37 Å². The second kappa shape index (κ2) is 10.6. The van der Waals surface area contributed by atoms with E-state index in [-0.39, 0.29) is 29.9 Å². The van der Waals surface area contributed by atoms with E-state index in [1.807, 2.05) is 0 Å². The molecule has 0 bridgehead atoms. The molecule has 5 nitrogen and oxygen atoms in total. The maximum atomic E-state index is 13.6. The van der Waals surface area contributed by atoms with Gasteiger partial charge in [-0.2, -0.15) is 0 Å². The van der Waals surface area contributed by atoms with Gasteiger partial charge in [0, 0.05) is 24.2 Å². The van der Waals surface area contributed by atoms with Crippen molar-refractivity contribution in [3.05, 3.63) is 59.4 Å². The van der Waals surface area contributed by atoms with Crippen LogP contribution in [0.15, 0.2) is 42.5 Å². The fourth-order valence-corrected chi connectivity index (χ4v) is 4.09. The zero-order valence-electron chi connectivity index (χ0n) is 17.2. The fourth-order valence-electron chi connectivity index (χ4n) is 3.07. The molecule has 0 aliphatic rings. The molecule has 0 spiro atoms. The van der Waals surface area contributed by atoms with Crippen molar-refractivity contribution in [3.63, 3.8) is 0 Å². The normalized spacial score (nSPS) is 10.8. The number of carbonyl (C=O) groups excluding carboxylic acids is 2. The second-order valence-corrected chi connectivity index (χ2v) is 7.73. The molecule has 2 aromatic carbocycles. The van der Waals surface area contributed by atoms with Gasteiger partial charge in [0.25, 0.3) is 5.91 Å². The van der Waals surface area contributed by atoms with Crippen LogP contribution < -0.4 is 4.90 Å². The van der Waals surface area contributed by atoms with Crippen LogP contribution in [0.3, 0.4) is 0 Å². The van der Waals surface area contributed by atoms with Crippen molar-refractivity contribution in [1.82, 2.24) is 9.88 Å². The Morgan fingerprint density at radius 2 is 1.63 bits per heavy atom. The summed E-state index contributed by atoms with van der Waals surface area (Å²) in [6.45, 7) is 8.60. The number of thiazole rings is 1. The largest absolute Gasteiger partial charge is 0.302 e. The highest BCUT2D eigenvalue weighted by Gasteiger charge is 2.22. The van der Waals surface area contributed by atoms with Crippen molar-refractivity contribution in [2.24, 2.45) is 0 Å². The molecule has 1 aromatic heterocycles. The monoisotopic (exact) mass is 449 g/mol. The molecule has 0 saturated carbocycles. The first-order chi connectivity index (χ1) is 13.9. The lowest BCUT2D eigenvalue weighted by Gasteiger charge is -2.24. The summed E-state index contributed by atoms with van der Waals surface area (Å²) in [5, 5.41) is 0.540. The van der Waals surface area contributed by atoms with E-state index in [9.17, 15) is 14.0 Å². The number of nitrogens with zero attached hydrogens (tertiary/aromatic N) is 3. The Morgan fingerprint density at radius 3 is 2.23 bits per heavy atom. The van der Waals surface area contributed by atoms with Crippen LogP contribution in [0.2, 0.25) is 0 Å². The molecule has 0 saturated heterocycles. The number of aromatic nitrogens is 1. The van der Waals surface area contributed by atoms with E-state index in [0.29, 0.717) is 39.6 Å². The van der Waals surface area contributed by atoms with Crippen molar-refractivity contribution in [1.29, 1.82) is 0 Å². The molecule has 0 aliphatic carbocycles. The van der Waals surface area contributed by atoms with Crippen molar-refractivity contribution in [2.45, 2.75) is 20.8 Å². The molecule has 0 N–H and O–H groups in total. The van der Waals surface area contributed by atoms with Crippen molar-refractivity contribution < 1.29 is 14.0 Å². The Kier molecular flexibility index (Phi) is 8.46. The smallest absolute Gasteiger partial charge is 0.260 e. The van der Waals surface area contributed by atoms with Crippen LogP contribution >= 0.6 is 23.7 Å². The van der Waals surface area contributed by atoms with Crippen LogP contribution in [0.5, 0.6) is 0 Å². The number of rotatable bonds is 8. The standard InChI is InChI=1S/C22H24FN3O2S.ClH/c1-4-25(5-2)12-13-26(21(28)17-8-6-16(7-9-17)15(3)27)22-24-19-11-10-18(23)14-20(19)29-22;/h6-11,14H,4-5,12-13H2,1-3H3;1H. The Balaban J connectivity index is 0.00000320. The first-order valence-electron chi connectivity index (χ1n) is 9.64. The van der Waals surface area contributed by atoms with Gasteiger partial charge >= 0.3 is 0 Å². The average Bonchev–Trinajstić information content (AvgIpc) is 3.13. The molecule has 0 radical (unpaired) electrons. The van der Waals surface area contributed by atoms with Crippen LogP contribution in [0.1, 0.15) is 41.5 Å². The number of Topliss-reactive ketones (excluding diaryl/α,β-unsaturated/α-hetero) is 1. The highest BCUT2D eigenvalue weighted by Crippen LogP contribution is 2.30. The second-order valence-electron chi connectivity index (χ2n) is 6.73. The topological polar surface area (TPSA) is 53.5 Å². The quantitative estimate of drug-likeness (QED) is 0.451. The molecule has 30 heavy (non-hydrogen) atoms. The van der Waals surface area contributed by atoms with Gasteiger partial charge in [0.05, 0.1) is 10.2 Å². The van der Waals surface area contributed by atoms with E-state index in [1.54, 1.807) is 35.2 Å². The van der Waals surface area contributed by atoms with Gasteiger partial charge in [0.2, 0.25) is 0 Å². The minimum atomic E-state index is -0.325. The molecular formula is C22H25ClFN3O2S. The summed E-state index contributed by atoms with van der Waals surface area (Å²) in [6, 6.07) is 11.1. The summed E-state index contributed by atoms with van der Waals surface area (Å²) in [5.41, 5.74) is 1.71. The Bertz CT molecular complexity index is 1020. The van der Waals surface area contributed by atoms with Gasteiger partial charge in [-0.3, -0.25) is 14.5 Å². The molecule has 160 valence electrons. The lowest BCUT2D eigenvalue weighted by Crippen LogP contribution is -2.38. The number of ketones is 1. The number of fused-ring (bicyclic) bond motifs is 1. The Morgan fingerprint density at radius 1 is 1.00 bits per heavy atom. The third-order valence-electron chi connectivity index (χ3n) is 4.89. The zero-order valence-corrected chi connectivity index (χ0v) is 18.9. The van der Waals surface area contributed by atoms with Crippen molar-refractivity contribution >= 4 is 50.8 Å². The molecule has 1 heterocycles. The lowest BCUT2D eigenvalue weighted by molar-refractivity contribution is 0.0980. The number of likely N-dealkylation sites (N-methyl/N-ethyl adjacent to an activating group) is 1. The summed E-state index contributed by atoms with van der Waals surface area (Å²) in [6.07, 6.45) is 0. The van der Waals surface area contributed by atoms with Crippen molar-refractivity contribution in [3.8, 4) is 0 Å². The Labute approximate surface area is 185 Å². The van der Waals surface area contributed by atoms with E-state index >= 15 is 0 Å². The first-order valence-corrected chi connectivity index (χ1v) is 10.5. The minimum absolute atomic E-state index is 0. The van der Waals surface area contributed by atoms with Gasteiger partial charge < -0.3 is 4.90 Å². The summed E-state index contributed by atoms with van der Waals surface area (Å²) in [4.78, 5) is 33.2. The maximum Gasteiger partial charge on any atom is 0.260 e. The summed E-state index contributed by atoms with van der Waals surface area (Å²) >= 11 is 1.30. The highest BCUT2D eigenvalue weighted by molar-refractivity contribution is 7.22. The lowest BCUT2D eigenvalue weighted by atomic mass is 10.1. The van der Waals surface area contributed by atoms with E-state index < -0.39 is 0 Å². The number of hydrogen-bond acceptors (Lipinski definition) is 5. The van der Waals surface area contributed by atoms with E-state index in [1.165, 1.54) is 30.4 Å². The summed E-state index contributed by atoms with van der Waals surface area (Å²) < 4.78 is 14.3. The van der Waals surface area contributed by atoms with Crippen LogP contribution in [-0.2, 0) is 0 Å². The third-order valence-corrected chi connectivity index (χ3v) is 5.93. The van der Waals surface area contributed by atoms with Crippen LogP contribution in [-0.4, -0.2) is 47.8 Å². The van der Waals surface area contributed by atoms with Gasteiger partial charge in [-0.1, -0.05) is 37.3 Å². The molecule has 8 heteroatoms. The molecule has 0 aliphatic heterocycles. The molecule has 1 amide bonds. The number of benzene rings is 2. The Hall–Kier alpha value is -2.35. The summed E-state index contributed by atoms with van der Waals surface area (Å²) in [5.74, 6) is -0.559. The minimum Gasteiger partial charge on any atom is -0.302 e. The van der Waals surface area contributed by atoms with E-state index in [4.69, 9.17) is 0 Å². The average molecular weight is 450 g/mol. The predicted molar refractivity (Wildman–Crippen MR) is 123 cm³/mol. The number of amides is 1. The van der Waals surface area contributed by atoms with Gasteiger partial charge in [-0.05, 0) is 50.3 Å². The van der Waals surface area contributed by atoms with Crippen LogP contribution in [0.25, 0.3) is 10.2 Å². The van der Waals surface area contributed by atoms with Gasteiger partial charge in [-0.15, -0.1) is 12.4 Å². The van der Waals surface area contributed by atoms with E-state index in [2.05, 4.69) is 23.7 Å². The highest BCUT2D eigenvalue weighted by atomic mass is 35.5. The van der Waals surface area contributed by atoms with Gasteiger partial charge in [0.15, 0.2) is 10.9 Å². The third kappa shape index (κ3) is 5.41. The van der Waals surface area contributed by atoms with E-state index in [0.717, 1.165) is 13.1 Å². The summed E-state index contributed by atoms with van der Waals surface area (Å²) in [7, 11) is 0. The molecule has 3 aromatic rings. The fraction of sp³-hybridized carbons (Fsp3) is 0.318. The molecule has 0 fully saturated rings. The maximum absolute atomic E-state index is 13.6. The molecule has 0 atom stereocenters. The zero-order chi connectivity index (χ0) is 21.0. The van der Waals surface area contributed by atoms with Crippen molar-refractivity contribution in [2.75, 3.05) is 31.1 Å². The number of carbonyl (C=O) groups is 2. The molecule has 0 unspecified atom stereocenters. The number of hydrogen-bond donors (Lipinski definition) is 0. The van der Waals surface area contributed by atoms with Crippen LogP contribution in [0, 0.1) is 5.82 Å². The first kappa shape index (κ1) is 23.9. The molecule has 3 rings (SSSR count). The number of halogens is 2. The van der Waals surface area contributed by atoms with Gasteiger partial charge in [0.1, 0.15) is 5.82 Å². The molecular weight excluding hydrogens is 425 g/mol.